The molecule has 2 aliphatic rings. The molecule has 0 radical (unpaired) electrons. The van der Waals surface area contributed by atoms with E-state index in [1.165, 1.54) is 46.4 Å². The Morgan fingerprint density at radius 3 is 2.48 bits per heavy atom. The Hall–Kier alpha value is -1.94. The van der Waals surface area contributed by atoms with Gasteiger partial charge in [0.25, 0.3) is 5.91 Å². The molecule has 0 spiro atoms. The molecule has 2 aromatic rings. The fraction of sp³-hybridized carbons (Fsp3) is 0.409. The monoisotopic (exact) mass is 464 g/mol. The molecule has 9 heteroatoms. The number of carbonyl (C=O) groups excluding carboxylic acids is 1. The summed E-state index contributed by atoms with van der Waals surface area (Å²) in [4.78, 5) is 13.5. The topological polar surface area (TPSA) is 75.7 Å². The lowest BCUT2D eigenvalue weighted by Crippen LogP contribution is -2.48. The first-order chi connectivity index (χ1) is 14.8. The highest BCUT2D eigenvalue weighted by Gasteiger charge is 2.32. The maximum Gasteiger partial charge on any atom is 0.251 e. The van der Waals surface area contributed by atoms with Gasteiger partial charge < -0.3 is 10.1 Å². The number of amides is 1. The first kappa shape index (κ1) is 22.3. The molecule has 4 rings (SSSR count). The van der Waals surface area contributed by atoms with Gasteiger partial charge in [-0.2, -0.15) is 4.31 Å². The third kappa shape index (κ3) is 4.64. The molecule has 3 atom stereocenters. The van der Waals surface area contributed by atoms with Crippen molar-refractivity contribution in [3.05, 3.63) is 59.4 Å². The number of halogens is 1. The van der Waals surface area contributed by atoms with Gasteiger partial charge in [-0.3, -0.25) is 4.79 Å². The average molecular weight is 465 g/mol. The van der Waals surface area contributed by atoms with E-state index in [2.05, 4.69) is 5.32 Å². The molecule has 1 saturated heterocycles. The zero-order valence-corrected chi connectivity index (χ0v) is 19.0. The van der Waals surface area contributed by atoms with Gasteiger partial charge in [0, 0.05) is 29.3 Å². The van der Waals surface area contributed by atoms with E-state index in [-0.39, 0.29) is 34.9 Å². The molecule has 1 fully saturated rings. The predicted octanol–water partition coefficient (Wildman–Crippen LogP) is 3.59. The van der Waals surface area contributed by atoms with E-state index < -0.39 is 10.0 Å². The van der Waals surface area contributed by atoms with Crippen molar-refractivity contribution in [2.24, 2.45) is 0 Å². The summed E-state index contributed by atoms with van der Waals surface area (Å²) < 4.78 is 47.1. The highest BCUT2D eigenvalue weighted by atomic mass is 32.2. The van der Waals surface area contributed by atoms with E-state index in [0.717, 1.165) is 5.56 Å². The van der Waals surface area contributed by atoms with Gasteiger partial charge in [0.05, 0.1) is 23.1 Å². The zero-order chi connectivity index (χ0) is 22.2. The maximum absolute atomic E-state index is 14.1. The highest BCUT2D eigenvalue weighted by Crippen LogP contribution is 2.37. The van der Waals surface area contributed by atoms with Crippen molar-refractivity contribution in [2.75, 3.05) is 18.8 Å². The third-order valence-electron chi connectivity index (χ3n) is 5.47. The molecule has 0 saturated carbocycles. The number of ether oxygens (including phenoxy) is 1. The predicted molar refractivity (Wildman–Crippen MR) is 117 cm³/mol. The molecule has 0 bridgehead atoms. The highest BCUT2D eigenvalue weighted by molar-refractivity contribution is 7.99. The molecule has 3 unspecified atom stereocenters. The number of hydrogen-bond acceptors (Lipinski definition) is 5. The number of fused-ring (bicyclic) bond motifs is 1. The summed E-state index contributed by atoms with van der Waals surface area (Å²) >= 11 is 1.45. The summed E-state index contributed by atoms with van der Waals surface area (Å²) in [6, 6.07) is 10.6. The van der Waals surface area contributed by atoms with Crippen molar-refractivity contribution in [2.45, 2.75) is 48.3 Å². The van der Waals surface area contributed by atoms with E-state index in [1.807, 2.05) is 19.9 Å². The smallest absolute Gasteiger partial charge is 0.251 e. The first-order valence-corrected chi connectivity index (χ1v) is 12.7. The minimum absolute atomic E-state index is 0.145. The number of hydrogen-bond donors (Lipinski definition) is 1. The van der Waals surface area contributed by atoms with Crippen LogP contribution in [0.25, 0.3) is 0 Å². The lowest BCUT2D eigenvalue weighted by molar-refractivity contribution is -0.0440. The number of thioether (sulfide) groups is 1. The van der Waals surface area contributed by atoms with Crippen LogP contribution in [0.15, 0.2) is 52.3 Å². The Morgan fingerprint density at radius 2 is 1.81 bits per heavy atom. The second-order valence-corrected chi connectivity index (χ2v) is 11.0. The molecular formula is C22H25FN2O4S2. The molecule has 166 valence electrons. The van der Waals surface area contributed by atoms with Gasteiger partial charge in [0.2, 0.25) is 10.0 Å². The van der Waals surface area contributed by atoms with E-state index >= 15 is 0 Å². The fourth-order valence-electron chi connectivity index (χ4n) is 4.03. The standard InChI is InChI=1S/C22H25FN2O4S2/c1-14-12-25(13-15(2)29-14)31(27,28)17-8-6-16(7-9-17)22(26)24-20-10-11-30-21-18(20)4-3-5-19(21)23/h3-9,14-15,20H,10-13H2,1-2H3,(H,24,26). The average Bonchev–Trinajstić information content (AvgIpc) is 2.74. The van der Waals surface area contributed by atoms with Gasteiger partial charge in [-0.05, 0) is 56.2 Å². The van der Waals surface area contributed by atoms with Crippen molar-refractivity contribution in [1.82, 2.24) is 9.62 Å². The number of rotatable bonds is 4. The number of sulfonamides is 1. The molecule has 31 heavy (non-hydrogen) atoms. The minimum atomic E-state index is -3.67. The van der Waals surface area contributed by atoms with Crippen molar-refractivity contribution in [1.29, 1.82) is 0 Å². The Kier molecular flexibility index (Phi) is 6.39. The van der Waals surface area contributed by atoms with Crippen LogP contribution in [0, 0.1) is 5.82 Å². The summed E-state index contributed by atoms with van der Waals surface area (Å²) in [6.45, 7) is 4.29. The molecule has 2 aromatic carbocycles. The van der Waals surface area contributed by atoms with Crippen LogP contribution < -0.4 is 5.32 Å². The van der Waals surface area contributed by atoms with Crippen LogP contribution in [0.2, 0.25) is 0 Å². The quantitative estimate of drug-likeness (QED) is 0.749. The molecule has 0 aliphatic carbocycles. The van der Waals surface area contributed by atoms with Crippen molar-refractivity contribution < 1.29 is 22.3 Å². The van der Waals surface area contributed by atoms with Gasteiger partial charge in [0.1, 0.15) is 5.82 Å². The van der Waals surface area contributed by atoms with Crippen LogP contribution in [0.3, 0.4) is 0 Å². The van der Waals surface area contributed by atoms with Gasteiger partial charge in [-0.1, -0.05) is 12.1 Å². The Morgan fingerprint density at radius 1 is 1.13 bits per heavy atom. The largest absolute Gasteiger partial charge is 0.373 e. The Bertz CT molecular complexity index is 1070. The summed E-state index contributed by atoms with van der Waals surface area (Å²) in [7, 11) is -3.67. The van der Waals surface area contributed by atoms with Crippen LogP contribution in [0.4, 0.5) is 4.39 Å². The molecule has 6 nitrogen and oxygen atoms in total. The van der Waals surface area contributed by atoms with Gasteiger partial charge >= 0.3 is 0 Å². The Balaban J connectivity index is 1.49. The summed E-state index contributed by atoms with van der Waals surface area (Å²) in [5.74, 6) is 0.124. The SMILES string of the molecule is CC1CN(S(=O)(=O)c2ccc(C(=O)NC3CCSc4c(F)cccc43)cc2)CC(C)O1. The lowest BCUT2D eigenvalue weighted by Gasteiger charge is -2.34. The lowest BCUT2D eigenvalue weighted by atomic mass is 10.0. The molecule has 2 aliphatic heterocycles. The van der Waals surface area contributed by atoms with Crippen molar-refractivity contribution in [3.63, 3.8) is 0 Å². The number of nitrogens with one attached hydrogen (secondary N) is 1. The fourth-order valence-corrected chi connectivity index (χ4v) is 6.76. The second-order valence-electron chi connectivity index (χ2n) is 7.93. The summed E-state index contributed by atoms with van der Waals surface area (Å²) in [5.41, 5.74) is 1.14. The number of carbonyl (C=O) groups is 1. The summed E-state index contributed by atoms with van der Waals surface area (Å²) in [6.07, 6.45) is 0.349. The van der Waals surface area contributed by atoms with Crippen molar-refractivity contribution >= 4 is 27.7 Å². The Labute approximate surface area is 186 Å². The molecule has 0 aromatic heterocycles. The number of benzene rings is 2. The van der Waals surface area contributed by atoms with Crippen LogP contribution in [0.1, 0.15) is 42.2 Å². The number of morpholine rings is 1. The minimum Gasteiger partial charge on any atom is -0.373 e. The van der Waals surface area contributed by atoms with Crippen molar-refractivity contribution in [3.8, 4) is 0 Å². The second kappa shape index (κ2) is 8.90. The maximum atomic E-state index is 14.1. The zero-order valence-electron chi connectivity index (χ0n) is 17.4. The molecule has 1 N–H and O–H groups in total. The van der Waals surface area contributed by atoms with E-state index in [9.17, 15) is 17.6 Å². The van der Waals surface area contributed by atoms with Gasteiger partial charge in [-0.15, -0.1) is 11.8 Å². The van der Waals surface area contributed by atoms with Crippen LogP contribution in [-0.4, -0.2) is 49.7 Å². The van der Waals surface area contributed by atoms with Crippen LogP contribution >= 0.6 is 11.8 Å². The molecular weight excluding hydrogens is 439 g/mol. The van der Waals surface area contributed by atoms with E-state index in [4.69, 9.17) is 4.74 Å². The van der Waals surface area contributed by atoms with Crippen LogP contribution in [0.5, 0.6) is 0 Å². The van der Waals surface area contributed by atoms with Crippen LogP contribution in [-0.2, 0) is 14.8 Å². The molecule has 1 amide bonds. The molecule has 2 heterocycles. The van der Waals surface area contributed by atoms with Gasteiger partial charge in [0.15, 0.2) is 0 Å². The van der Waals surface area contributed by atoms with Gasteiger partial charge in [-0.25, -0.2) is 12.8 Å². The number of nitrogens with zero attached hydrogens (tertiary/aromatic N) is 1. The third-order valence-corrected chi connectivity index (χ3v) is 8.48. The van der Waals surface area contributed by atoms with E-state index in [1.54, 1.807) is 6.07 Å². The first-order valence-electron chi connectivity index (χ1n) is 10.2. The summed E-state index contributed by atoms with van der Waals surface area (Å²) in [5, 5.41) is 2.96. The normalized spacial score (nSPS) is 24.4. The van der Waals surface area contributed by atoms with E-state index in [0.29, 0.717) is 35.7 Å².